The van der Waals surface area contributed by atoms with E-state index in [9.17, 15) is 18.7 Å². The Labute approximate surface area is 258 Å². The predicted octanol–water partition coefficient (Wildman–Crippen LogP) is 6.69. The van der Waals surface area contributed by atoms with Gasteiger partial charge in [-0.1, -0.05) is 72.3 Å². The summed E-state index contributed by atoms with van der Waals surface area (Å²) in [6, 6.07) is 23.6. The zero-order valence-corrected chi connectivity index (χ0v) is 26.2. The van der Waals surface area contributed by atoms with Crippen LogP contribution in [0.15, 0.2) is 78.9 Å². The van der Waals surface area contributed by atoms with Crippen molar-refractivity contribution < 1.29 is 18.7 Å². The molecule has 11 heteroatoms. The normalized spacial score (nSPS) is 13.0. The molecule has 0 fully saturated rings. The molecule has 3 aromatic carbocycles. The molecule has 0 saturated heterocycles. The summed E-state index contributed by atoms with van der Waals surface area (Å²) >= 11 is 4.45. The minimum absolute atomic E-state index is 0.101. The monoisotopic (exact) mass is 625 g/mol. The number of aromatic nitrogens is 2. The maximum atomic E-state index is 14.3. The summed E-state index contributed by atoms with van der Waals surface area (Å²) in [6.45, 7) is 5.82. The van der Waals surface area contributed by atoms with Gasteiger partial charge in [0.15, 0.2) is 5.82 Å². The number of rotatable bonds is 13. The largest absolute Gasteiger partial charge is 0.755 e. The van der Waals surface area contributed by atoms with Crippen LogP contribution in [-0.2, 0) is 24.2 Å². The molecule has 0 saturated carbocycles. The molecule has 4 aromatic rings. The molecule has 42 heavy (non-hydrogen) atoms. The lowest BCUT2D eigenvalue weighted by molar-refractivity contribution is 0.0589. The number of hydrogen-bond acceptors (Lipinski definition) is 7. The zero-order chi connectivity index (χ0) is 30.3. The van der Waals surface area contributed by atoms with Crippen LogP contribution in [-0.4, -0.2) is 45.1 Å². The van der Waals surface area contributed by atoms with Crippen LogP contribution in [0.2, 0.25) is 5.02 Å². The first-order chi connectivity index (χ1) is 20.0. The summed E-state index contributed by atoms with van der Waals surface area (Å²) in [7, 11) is 0. The fourth-order valence-corrected chi connectivity index (χ4v) is 6.09. The second-order valence-electron chi connectivity index (χ2n) is 10.8. The maximum absolute atomic E-state index is 14.3. The van der Waals surface area contributed by atoms with Gasteiger partial charge in [0, 0.05) is 24.0 Å². The van der Waals surface area contributed by atoms with Crippen LogP contribution in [0, 0.1) is 0 Å². The van der Waals surface area contributed by atoms with Crippen molar-refractivity contribution in [1.29, 1.82) is 0 Å². The minimum Gasteiger partial charge on any atom is -0.755 e. The van der Waals surface area contributed by atoms with Gasteiger partial charge in [0.1, 0.15) is 5.69 Å². The number of halogens is 1. The minimum atomic E-state index is -2.83. The molecular formula is C31H34ClN4O4S2-. The van der Waals surface area contributed by atoms with E-state index in [0.717, 1.165) is 27.2 Å². The molecule has 8 nitrogen and oxygen atoms in total. The fraction of sp³-hybridized carbons (Fsp3) is 0.323. The van der Waals surface area contributed by atoms with E-state index in [4.69, 9.17) is 11.6 Å². The molecule has 1 heterocycles. The lowest BCUT2D eigenvalue weighted by Gasteiger charge is -2.33. The Morgan fingerprint density at radius 1 is 1.05 bits per heavy atom. The van der Waals surface area contributed by atoms with Crippen LogP contribution in [0.5, 0.6) is 0 Å². The molecule has 0 aliphatic heterocycles. The van der Waals surface area contributed by atoms with E-state index in [-0.39, 0.29) is 34.0 Å². The average molecular weight is 626 g/mol. The van der Waals surface area contributed by atoms with Crippen molar-refractivity contribution in [3.63, 3.8) is 0 Å². The lowest BCUT2D eigenvalue weighted by Crippen LogP contribution is -2.39. The molecule has 1 N–H and O–H groups in total. The van der Waals surface area contributed by atoms with E-state index in [0.29, 0.717) is 37.9 Å². The van der Waals surface area contributed by atoms with Crippen LogP contribution < -0.4 is 4.31 Å². The molecule has 4 rings (SSSR count). The average Bonchev–Trinajstić information content (AvgIpc) is 3.39. The van der Waals surface area contributed by atoms with Crippen LogP contribution in [0.4, 0.5) is 11.5 Å². The summed E-state index contributed by atoms with van der Waals surface area (Å²) in [5.74, 6) is -0.217. The number of nitrogens with zero attached hydrogens (tertiary/aromatic N) is 4. The first-order valence-electron chi connectivity index (χ1n) is 13.6. The quantitative estimate of drug-likeness (QED) is 0.166. The third-order valence-electron chi connectivity index (χ3n) is 6.90. The first kappa shape index (κ1) is 31.8. The van der Waals surface area contributed by atoms with E-state index in [1.807, 2.05) is 67.6 Å². The highest BCUT2D eigenvalue weighted by Crippen LogP contribution is 2.35. The SMILES string of the molecule is CC(CCCC(C)(C)O)N(Cc1ccccc1)C(=O)c1ccc(Cl)cc1N(c1nsnc1Cc1ccccc1)S(=O)[O-]. The van der Waals surface area contributed by atoms with Crippen LogP contribution in [0.25, 0.3) is 0 Å². The van der Waals surface area contributed by atoms with Crippen molar-refractivity contribution in [2.24, 2.45) is 0 Å². The van der Waals surface area contributed by atoms with Crippen molar-refractivity contribution in [2.75, 3.05) is 4.31 Å². The predicted molar refractivity (Wildman–Crippen MR) is 168 cm³/mol. The van der Waals surface area contributed by atoms with Crippen molar-refractivity contribution >= 4 is 52.0 Å². The molecule has 0 bridgehead atoms. The second-order valence-corrected chi connectivity index (χ2v) is 12.6. The number of hydrogen-bond donors (Lipinski definition) is 1. The van der Waals surface area contributed by atoms with Gasteiger partial charge < -0.3 is 14.6 Å². The molecule has 1 aromatic heterocycles. The Morgan fingerprint density at radius 2 is 1.69 bits per heavy atom. The van der Waals surface area contributed by atoms with E-state index in [1.165, 1.54) is 6.07 Å². The second kappa shape index (κ2) is 14.3. The molecule has 2 atom stereocenters. The summed E-state index contributed by atoms with van der Waals surface area (Å²) < 4.78 is 35.3. The molecule has 0 aliphatic carbocycles. The topological polar surface area (TPSA) is 110 Å². The van der Waals surface area contributed by atoms with Gasteiger partial charge in [0.2, 0.25) is 0 Å². The number of benzene rings is 3. The van der Waals surface area contributed by atoms with Crippen molar-refractivity contribution in [2.45, 2.75) is 64.6 Å². The third kappa shape index (κ3) is 8.45. The molecule has 1 amide bonds. The highest BCUT2D eigenvalue weighted by Gasteiger charge is 2.29. The third-order valence-corrected chi connectivity index (χ3v) is 8.36. The molecule has 0 spiro atoms. The summed E-state index contributed by atoms with van der Waals surface area (Å²) in [6.07, 6.45) is 2.31. The van der Waals surface area contributed by atoms with Crippen molar-refractivity contribution in [1.82, 2.24) is 13.6 Å². The lowest BCUT2D eigenvalue weighted by atomic mass is 9.98. The molecule has 0 aliphatic rings. The van der Waals surface area contributed by atoms with Crippen LogP contribution in [0.1, 0.15) is 67.2 Å². The van der Waals surface area contributed by atoms with Crippen LogP contribution >= 0.6 is 23.3 Å². The summed E-state index contributed by atoms with van der Waals surface area (Å²) in [4.78, 5) is 16.1. The Morgan fingerprint density at radius 3 is 2.31 bits per heavy atom. The zero-order valence-electron chi connectivity index (χ0n) is 23.8. The van der Waals surface area contributed by atoms with Gasteiger partial charge in [-0.2, -0.15) is 8.75 Å². The van der Waals surface area contributed by atoms with E-state index in [1.54, 1.807) is 30.9 Å². The highest BCUT2D eigenvalue weighted by molar-refractivity contribution is 7.81. The number of carbonyl (C=O) groups excluding carboxylic acids is 1. The van der Waals surface area contributed by atoms with Gasteiger partial charge in [-0.3, -0.25) is 13.3 Å². The number of amides is 1. The van der Waals surface area contributed by atoms with E-state index in [2.05, 4.69) is 8.75 Å². The van der Waals surface area contributed by atoms with Gasteiger partial charge in [0.25, 0.3) is 5.91 Å². The maximum Gasteiger partial charge on any atom is 0.256 e. The Balaban J connectivity index is 1.73. The summed E-state index contributed by atoms with van der Waals surface area (Å²) in [5.41, 5.74) is 1.81. The van der Waals surface area contributed by atoms with E-state index >= 15 is 0 Å². The Kier molecular flexibility index (Phi) is 10.9. The molecule has 0 radical (unpaired) electrons. The fourth-order valence-electron chi connectivity index (χ4n) is 4.72. The van der Waals surface area contributed by atoms with Gasteiger partial charge in [0.05, 0.1) is 39.8 Å². The molecule has 222 valence electrons. The Hall–Kier alpha value is -3.15. The van der Waals surface area contributed by atoms with E-state index < -0.39 is 16.9 Å². The smallest absolute Gasteiger partial charge is 0.256 e. The summed E-state index contributed by atoms with van der Waals surface area (Å²) in [5, 5.41) is 10.5. The van der Waals surface area contributed by atoms with Gasteiger partial charge in [-0.25, -0.2) is 0 Å². The van der Waals surface area contributed by atoms with Gasteiger partial charge in [-0.15, -0.1) is 0 Å². The Bertz CT molecular complexity index is 1500. The van der Waals surface area contributed by atoms with Gasteiger partial charge >= 0.3 is 0 Å². The number of anilines is 2. The number of aliphatic hydroxyl groups is 1. The standard InChI is InChI=1S/C31H35ClN4O4S2/c1-22(11-10-18-31(2,3)38)35(21-24-14-8-5-9-15-24)30(37)26-17-16-25(32)20-28(26)36(42(39)40)29-27(33-41-34-29)19-23-12-6-4-7-13-23/h4-9,12-17,20,22,38H,10-11,18-19,21H2,1-3H3,(H,39,40)/p-1. The first-order valence-corrected chi connectivity index (χ1v) is 15.8. The number of carbonyl (C=O) groups is 1. The van der Waals surface area contributed by atoms with Crippen molar-refractivity contribution in [3.05, 3.63) is 106 Å². The van der Waals surface area contributed by atoms with Crippen LogP contribution in [0.3, 0.4) is 0 Å². The van der Waals surface area contributed by atoms with Crippen molar-refractivity contribution in [3.8, 4) is 0 Å². The van der Waals surface area contributed by atoms with Gasteiger partial charge in [-0.05, 0) is 69.4 Å². The highest BCUT2D eigenvalue weighted by atomic mass is 35.5. The molecule has 2 unspecified atom stereocenters. The molecular weight excluding hydrogens is 592 g/mol.